The summed E-state index contributed by atoms with van der Waals surface area (Å²) in [4.78, 5) is 24.0. The first-order chi connectivity index (χ1) is 25.9. The van der Waals surface area contributed by atoms with E-state index in [1.54, 1.807) is 72.8 Å². The zero-order chi connectivity index (χ0) is 41.0. The number of rotatable bonds is 14. The minimum Gasteiger partial charge on any atom is -0.481 e. The van der Waals surface area contributed by atoms with Gasteiger partial charge in [-0.05, 0) is 86.3 Å². The molecular formula is C39H42N2O12S2. The van der Waals surface area contributed by atoms with Gasteiger partial charge < -0.3 is 30.4 Å². The SMILES string of the molecule is C#CCOc1ccc(CC(N)C(=O)OCOC(=O)C(N)Cc2ccc(OCC#C)cc2)cc1.Cc1ccc(S(=O)(=O)O)cc1.Cc1ccc(S(=O)(=O)O)cc1. The highest BCUT2D eigenvalue weighted by Gasteiger charge is 2.19. The predicted octanol–water partition coefficient (Wildman–Crippen LogP) is 3.68. The van der Waals surface area contributed by atoms with Crippen LogP contribution in [0.2, 0.25) is 0 Å². The van der Waals surface area contributed by atoms with Crippen molar-refractivity contribution in [3.8, 4) is 36.2 Å². The van der Waals surface area contributed by atoms with E-state index >= 15 is 0 Å². The van der Waals surface area contributed by atoms with Crippen LogP contribution in [0.3, 0.4) is 0 Å². The number of esters is 2. The summed E-state index contributed by atoms with van der Waals surface area (Å²) >= 11 is 0. The highest BCUT2D eigenvalue weighted by Crippen LogP contribution is 2.15. The van der Waals surface area contributed by atoms with Gasteiger partial charge in [0.25, 0.3) is 20.2 Å². The van der Waals surface area contributed by atoms with Gasteiger partial charge in [0.15, 0.2) is 0 Å². The molecule has 0 aromatic heterocycles. The molecule has 0 spiro atoms. The Labute approximate surface area is 321 Å². The minimum atomic E-state index is -4.02. The van der Waals surface area contributed by atoms with E-state index in [0.29, 0.717) is 11.5 Å². The number of carbonyl (C=O) groups is 2. The number of ether oxygens (including phenoxy) is 4. The van der Waals surface area contributed by atoms with Crippen LogP contribution in [0.25, 0.3) is 0 Å². The van der Waals surface area contributed by atoms with E-state index in [2.05, 4.69) is 11.8 Å². The fourth-order valence-electron chi connectivity index (χ4n) is 4.15. The van der Waals surface area contributed by atoms with Crippen LogP contribution in [-0.4, -0.2) is 70.0 Å². The second-order valence-corrected chi connectivity index (χ2v) is 14.4. The van der Waals surface area contributed by atoms with Crippen molar-refractivity contribution in [2.24, 2.45) is 11.5 Å². The summed E-state index contributed by atoms with van der Waals surface area (Å²) in [6.45, 7) is 3.45. The number of hydrogen-bond donors (Lipinski definition) is 4. The number of hydrogen-bond acceptors (Lipinski definition) is 12. The lowest BCUT2D eigenvalue weighted by Gasteiger charge is -2.14. The second kappa shape index (κ2) is 22.5. The molecule has 0 saturated heterocycles. The van der Waals surface area contributed by atoms with Gasteiger partial charge in [-0.2, -0.15) is 16.8 Å². The van der Waals surface area contributed by atoms with Crippen molar-refractivity contribution in [2.75, 3.05) is 20.0 Å². The Morgan fingerprint density at radius 3 is 1.18 bits per heavy atom. The van der Waals surface area contributed by atoms with Gasteiger partial charge in [0.1, 0.15) is 36.8 Å². The van der Waals surface area contributed by atoms with Gasteiger partial charge in [0.2, 0.25) is 6.79 Å². The summed E-state index contributed by atoms with van der Waals surface area (Å²) in [7, 11) is -8.04. The van der Waals surface area contributed by atoms with E-state index in [0.717, 1.165) is 22.3 Å². The Kier molecular flexibility index (Phi) is 18.6. The van der Waals surface area contributed by atoms with Gasteiger partial charge in [-0.25, -0.2) is 0 Å². The maximum Gasteiger partial charge on any atom is 0.326 e. The number of aryl methyl sites for hydroxylation is 2. The van der Waals surface area contributed by atoms with Crippen LogP contribution in [0, 0.1) is 38.5 Å². The van der Waals surface area contributed by atoms with E-state index in [9.17, 15) is 26.4 Å². The molecule has 0 fully saturated rings. The third-order valence-electron chi connectivity index (χ3n) is 7.05. The molecule has 55 heavy (non-hydrogen) atoms. The third-order valence-corrected chi connectivity index (χ3v) is 8.78. The van der Waals surface area contributed by atoms with Crippen molar-refractivity contribution in [2.45, 2.75) is 48.6 Å². The molecule has 292 valence electrons. The summed E-state index contributed by atoms with van der Waals surface area (Å²) in [6.07, 6.45) is 10.8. The lowest BCUT2D eigenvalue weighted by molar-refractivity contribution is -0.169. The Balaban J connectivity index is 0.000000382. The van der Waals surface area contributed by atoms with E-state index in [4.69, 9.17) is 52.4 Å². The number of nitrogens with two attached hydrogens (primary N) is 2. The molecule has 0 radical (unpaired) electrons. The summed E-state index contributed by atoms with van der Waals surface area (Å²) in [6, 6.07) is 24.1. The minimum absolute atomic E-state index is 0.0666. The quantitative estimate of drug-likeness (QED) is 0.0618. The lowest BCUT2D eigenvalue weighted by atomic mass is 10.1. The maximum atomic E-state index is 12.1. The molecule has 16 heteroatoms. The number of carbonyl (C=O) groups excluding carboxylic acids is 2. The normalized spacial score (nSPS) is 11.7. The average molecular weight is 795 g/mol. The van der Waals surface area contributed by atoms with E-state index < -0.39 is 51.1 Å². The van der Waals surface area contributed by atoms with E-state index in [-0.39, 0.29) is 35.8 Å². The molecule has 0 amide bonds. The van der Waals surface area contributed by atoms with Gasteiger partial charge >= 0.3 is 11.9 Å². The first-order valence-corrected chi connectivity index (χ1v) is 19.0. The van der Waals surface area contributed by atoms with E-state index in [1.165, 1.54) is 24.3 Å². The van der Waals surface area contributed by atoms with Crippen molar-refractivity contribution >= 4 is 32.2 Å². The molecule has 4 aromatic rings. The fraction of sp³-hybridized carbons (Fsp3) is 0.231. The highest BCUT2D eigenvalue weighted by molar-refractivity contribution is 7.86. The van der Waals surface area contributed by atoms with Crippen molar-refractivity contribution in [1.29, 1.82) is 0 Å². The van der Waals surface area contributed by atoms with Gasteiger partial charge in [-0.1, -0.05) is 71.5 Å². The molecule has 0 saturated carbocycles. The first kappa shape index (κ1) is 45.4. The Bertz CT molecular complexity index is 1970. The summed E-state index contributed by atoms with van der Waals surface area (Å²) in [5.41, 5.74) is 15.3. The molecule has 0 aliphatic carbocycles. The molecule has 4 aromatic carbocycles. The smallest absolute Gasteiger partial charge is 0.326 e. The van der Waals surface area contributed by atoms with Crippen LogP contribution in [0.5, 0.6) is 11.5 Å². The molecule has 0 bridgehead atoms. The number of terminal acetylenes is 2. The topological polar surface area (TPSA) is 232 Å². The molecule has 6 N–H and O–H groups in total. The summed E-state index contributed by atoms with van der Waals surface area (Å²) in [5.74, 6) is 4.58. The van der Waals surface area contributed by atoms with Gasteiger partial charge in [-0.3, -0.25) is 18.7 Å². The second-order valence-electron chi connectivity index (χ2n) is 11.5. The van der Waals surface area contributed by atoms with Gasteiger partial charge in [0.05, 0.1) is 9.79 Å². The zero-order valence-corrected chi connectivity index (χ0v) is 31.7. The Morgan fingerprint density at radius 1 is 0.600 bits per heavy atom. The summed E-state index contributed by atoms with van der Waals surface area (Å²) < 4.78 is 79.5. The van der Waals surface area contributed by atoms with Crippen LogP contribution >= 0.6 is 0 Å². The molecule has 4 rings (SSSR count). The van der Waals surface area contributed by atoms with Crippen molar-refractivity contribution in [1.82, 2.24) is 0 Å². The Morgan fingerprint density at radius 2 is 0.909 bits per heavy atom. The largest absolute Gasteiger partial charge is 0.481 e. The van der Waals surface area contributed by atoms with Crippen molar-refractivity contribution in [3.05, 3.63) is 119 Å². The van der Waals surface area contributed by atoms with Crippen LogP contribution in [0.15, 0.2) is 107 Å². The molecule has 14 nitrogen and oxygen atoms in total. The lowest BCUT2D eigenvalue weighted by Crippen LogP contribution is -2.37. The molecule has 2 atom stereocenters. The molecular weight excluding hydrogens is 753 g/mol. The van der Waals surface area contributed by atoms with Crippen LogP contribution in [0.4, 0.5) is 0 Å². The molecule has 0 aliphatic heterocycles. The molecule has 0 heterocycles. The third kappa shape index (κ3) is 17.8. The monoisotopic (exact) mass is 794 g/mol. The van der Waals surface area contributed by atoms with E-state index in [1.807, 2.05) is 13.8 Å². The highest BCUT2D eigenvalue weighted by atomic mass is 32.2. The number of benzene rings is 4. The van der Waals surface area contributed by atoms with Crippen LogP contribution in [-0.2, 0) is 52.1 Å². The summed E-state index contributed by atoms with van der Waals surface area (Å²) in [5, 5.41) is 0. The zero-order valence-electron chi connectivity index (χ0n) is 30.0. The van der Waals surface area contributed by atoms with Gasteiger partial charge in [-0.15, -0.1) is 12.8 Å². The van der Waals surface area contributed by atoms with Crippen molar-refractivity contribution in [3.63, 3.8) is 0 Å². The maximum absolute atomic E-state index is 12.1. The molecule has 0 aliphatic rings. The van der Waals surface area contributed by atoms with Crippen LogP contribution in [0.1, 0.15) is 22.3 Å². The van der Waals surface area contributed by atoms with Crippen LogP contribution < -0.4 is 20.9 Å². The average Bonchev–Trinajstić information content (AvgIpc) is 3.14. The van der Waals surface area contributed by atoms with Gasteiger partial charge in [0, 0.05) is 0 Å². The standard InChI is InChI=1S/C25H26N2O6.2C7H8O3S/c1-3-13-30-20-9-5-18(6-10-20)15-22(26)24(28)32-17-33-25(29)23(27)16-19-7-11-21(12-8-19)31-14-4-2;2*1-6-2-4-7(5-3-6)11(8,9)10/h1-2,5-12,22-23H,13-17,26-27H2;2*2-5H,1H3,(H,8,9,10). The predicted molar refractivity (Wildman–Crippen MR) is 204 cm³/mol. The Hall–Kier alpha value is -5.72. The first-order valence-electron chi connectivity index (χ1n) is 16.2. The van der Waals surface area contributed by atoms with Crippen molar-refractivity contribution < 1.29 is 54.5 Å². The molecule has 2 unspecified atom stereocenters. The fourth-order valence-corrected chi connectivity index (χ4v) is 5.11.